The van der Waals surface area contributed by atoms with Crippen molar-refractivity contribution in [3.63, 3.8) is 0 Å². The molecule has 0 unspecified atom stereocenters. The molecular formula is C8H10F3NS. The van der Waals surface area contributed by atoms with Crippen molar-refractivity contribution in [3.8, 4) is 0 Å². The van der Waals surface area contributed by atoms with Crippen LogP contribution in [0.2, 0.25) is 0 Å². The minimum atomic E-state index is -4.30. The standard InChI is InChI=1S/C8H10F3NS/c1-5(2)3-7-12-6(4-13-7)8(9,10)11/h4-5H,3H2,1-2H3. The summed E-state index contributed by atoms with van der Waals surface area (Å²) >= 11 is 1.07. The summed E-state index contributed by atoms with van der Waals surface area (Å²) in [6.07, 6.45) is -3.69. The van der Waals surface area contributed by atoms with E-state index >= 15 is 0 Å². The van der Waals surface area contributed by atoms with Gasteiger partial charge in [0, 0.05) is 11.8 Å². The molecule has 5 heteroatoms. The molecule has 1 aromatic rings. The first-order valence-corrected chi connectivity index (χ1v) is 4.79. The lowest BCUT2D eigenvalue weighted by Crippen LogP contribution is -2.05. The van der Waals surface area contributed by atoms with Crippen LogP contribution in [0.3, 0.4) is 0 Å². The van der Waals surface area contributed by atoms with Crippen molar-refractivity contribution in [2.45, 2.75) is 26.4 Å². The lowest BCUT2D eigenvalue weighted by atomic mass is 10.1. The number of thiazole rings is 1. The minimum Gasteiger partial charge on any atom is -0.237 e. The largest absolute Gasteiger partial charge is 0.434 e. The molecule has 13 heavy (non-hydrogen) atoms. The van der Waals surface area contributed by atoms with Gasteiger partial charge in [0.2, 0.25) is 0 Å². The van der Waals surface area contributed by atoms with E-state index in [2.05, 4.69) is 4.98 Å². The van der Waals surface area contributed by atoms with Crippen LogP contribution in [0, 0.1) is 5.92 Å². The average molecular weight is 209 g/mol. The third-order valence-corrected chi connectivity index (χ3v) is 2.30. The van der Waals surface area contributed by atoms with Gasteiger partial charge in [-0.3, -0.25) is 0 Å². The number of hydrogen-bond acceptors (Lipinski definition) is 2. The number of aromatic nitrogens is 1. The summed E-state index contributed by atoms with van der Waals surface area (Å²) in [5.41, 5.74) is -0.770. The molecule has 0 aliphatic rings. The zero-order chi connectivity index (χ0) is 10.1. The van der Waals surface area contributed by atoms with E-state index in [4.69, 9.17) is 0 Å². The van der Waals surface area contributed by atoms with Gasteiger partial charge in [-0.2, -0.15) is 13.2 Å². The van der Waals surface area contributed by atoms with E-state index in [1.165, 1.54) is 0 Å². The number of nitrogens with zero attached hydrogens (tertiary/aromatic N) is 1. The van der Waals surface area contributed by atoms with Crippen LogP contribution in [-0.2, 0) is 12.6 Å². The van der Waals surface area contributed by atoms with Crippen LogP contribution in [0.4, 0.5) is 13.2 Å². The van der Waals surface area contributed by atoms with Gasteiger partial charge in [0.05, 0.1) is 5.01 Å². The summed E-state index contributed by atoms with van der Waals surface area (Å²) in [4.78, 5) is 3.52. The second-order valence-electron chi connectivity index (χ2n) is 3.22. The number of alkyl halides is 3. The van der Waals surface area contributed by atoms with Crippen molar-refractivity contribution in [2.75, 3.05) is 0 Å². The molecule has 1 aromatic heterocycles. The predicted molar refractivity (Wildman–Crippen MR) is 45.7 cm³/mol. The van der Waals surface area contributed by atoms with Gasteiger partial charge < -0.3 is 0 Å². The SMILES string of the molecule is CC(C)Cc1nc(C(F)(F)F)cs1. The minimum absolute atomic E-state index is 0.340. The summed E-state index contributed by atoms with van der Waals surface area (Å²) in [7, 11) is 0. The summed E-state index contributed by atoms with van der Waals surface area (Å²) in [5.74, 6) is 0.340. The summed E-state index contributed by atoms with van der Waals surface area (Å²) in [6.45, 7) is 3.91. The van der Waals surface area contributed by atoms with Crippen LogP contribution in [-0.4, -0.2) is 4.98 Å². The molecule has 1 heterocycles. The van der Waals surface area contributed by atoms with Gasteiger partial charge in [0.15, 0.2) is 5.69 Å². The predicted octanol–water partition coefficient (Wildman–Crippen LogP) is 3.36. The molecule has 0 saturated carbocycles. The van der Waals surface area contributed by atoms with Crippen molar-refractivity contribution in [1.82, 2.24) is 4.98 Å². The Morgan fingerprint density at radius 1 is 1.46 bits per heavy atom. The molecule has 0 saturated heterocycles. The second kappa shape index (κ2) is 3.65. The quantitative estimate of drug-likeness (QED) is 0.727. The molecule has 0 atom stereocenters. The molecule has 0 aliphatic carbocycles. The fourth-order valence-corrected chi connectivity index (χ4v) is 1.90. The first kappa shape index (κ1) is 10.5. The lowest BCUT2D eigenvalue weighted by molar-refractivity contribution is -0.140. The summed E-state index contributed by atoms with van der Waals surface area (Å²) in [6, 6.07) is 0. The van der Waals surface area contributed by atoms with Crippen LogP contribution < -0.4 is 0 Å². The van der Waals surface area contributed by atoms with Crippen molar-refractivity contribution < 1.29 is 13.2 Å². The van der Waals surface area contributed by atoms with E-state index in [0.29, 0.717) is 17.3 Å². The van der Waals surface area contributed by atoms with Gasteiger partial charge in [-0.05, 0) is 5.92 Å². The Balaban J connectivity index is 2.75. The van der Waals surface area contributed by atoms with Gasteiger partial charge in [0.25, 0.3) is 0 Å². The lowest BCUT2D eigenvalue weighted by Gasteiger charge is -2.01. The molecule has 0 aromatic carbocycles. The van der Waals surface area contributed by atoms with E-state index in [0.717, 1.165) is 16.7 Å². The molecule has 0 N–H and O–H groups in total. The van der Waals surface area contributed by atoms with Gasteiger partial charge in [-0.1, -0.05) is 13.8 Å². The van der Waals surface area contributed by atoms with Crippen LogP contribution in [0.1, 0.15) is 24.5 Å². The zero-order valence-electron chi connectivity index (χ0n) is 7.35. The van der Waals surface area contributed by atoms with Gasteiger partial charge in [0.1, 0.15) is 0 Å². The van der Waals surface area contributed by atoms with E-state index < -0.39 is 11.9 Å². The van der Waals surface area contributed by atoms with Gasteiger partial charge in [-0.25, -0.2) is 4.98 Å². The Kier molecular flexibility index (Phi) is 2.95. The van der Waals surface area contributed by atoms with Gasteiger partial charge in [-0.15, -0.1) is 11.3 Å². The van der Waals surface area contributed by atoms with Crippen molar-refractivity contribution in [3.05, 3.63) is 16.1 Å². The first-order valence-electron chi connectivity index (χ1n) is 3.91. The third kappa shape index (κ3) is 2.99. The van der Waals surface area contributed by atoms with Crippen LogP contribution >= 0.6 is 11.3 Å². The number of halogens is 3. The van der Waals surface area contributed by atoms with Crippen molar-refractivity contribution in [1.29, 1.82) is 0 Å². The Morgan fingerprint density at radius 2 is 2.08 bits per heavy atom. The smallest absolute Gasteiger partial charge is 0.237 e. The van der Waals surface area contributed by atoms with E-state index in [-0.39, 0.29) is 0 Å². The van der Waals surface area contributed by atoms with Crippen LogP contribution in [0.15, 0.2) is 5.38 Å². The molecular weight excluding hydrogens is 199 g/mol. The zero-order valence-corrected chi connectivity index (χ0v) is 8.17. The summed E-state index contributed by atoms with van der Waals surface area (Å²) < 4.78 is 36.2. The molecule has 0 amide bonds. The van der Waals surface area contributed by atoms with Gasteiger partial charge >= 0.3 is 6.18 Å². The maximum absolute atomic E-state index is 12.1. The highest BCUT2D eigenvalue weighted by molar-refractivity contribution is 7.09. The Morgan fingerprint density at radius 3 is 2.46 bits per heavy atom. The van der Waals surface area contributed by atoms with E-state index in [1.807, 2.05) is 13.8 Å². The normalized spacial score (nSPS) is 12.5. The molecule has 0 fully saturated rings. The highest BCUT2D eigenvalue weighted by atomic mass is 32.1. The monoisotopic (exact) mass is 209 g/mol. The Hall–Kier alpha value is -0.580. The molecule has 74 valence electrons. The maximum atomic E-state index is 12.1. The van der Waals surface area contributed by atoms with Crippen molar-refractivity contribution in [2.24, 2.45) is 5.92 Å². The van der Waals surface area contributed by atoms with E-state index in [1.54, 1.807) is 0 Å². The Labute approximate surface area is 78.6 Å². The van der Waals surface area contributed by atoms with Crippen LogP contribution in [0.5, 0.6) is 0 Å². The molecule has 0 aliphatic heterocycles. The maximum Gasteiger partial charge on any atom is 0.434 e. The summed E-state index contributed by atoms with van der Waals surface area (Å²) in [5, 5.41) is 1.62. The highest BCUT2D eigenvalue weighted by Crippen LogP contribution is 2.30. The molecule has 0 radical (unpaired) electrons. The second-order valence-corrected chi connectivity index (χ2v) is 4.16. The third-order valence-electron chi connectivity index (χ3n) is 1.43. The number of rotatable bonds is 2. The Bertz CT molecular complexity index is 277. The molecule has 1 nitrogen and oxygen atoms in total. The van der Waals surface area contributed by atoms with E-state index in [9.17, 15) is 13.2 Å². The topological polar surface area (TPSA) is 12.9 Å². The fraction of sp³-hybridized carbons (Fsp3) is 0.625. The first-order chi connectivity index (χ1) is 5.89. The molecule has 1 rings (SSSR count). The highest BCUT2D eigenvalue weighted by Gasteiger charge is 2.33. The fourth-order valence-electron chi connectivity index (χ4n) is 0.884. The molecule has 0 spiro atoms. The van der Waals surface area contributed by atoms with Crippen LogP contribution in [0.25, 0.3) is 0 Å². The average Bonchev–Trinajstić information content (AvgIpc) is 2.32. The number of hydrogen-bond donors (Lipinski definition) is 0. The molecule has 0 bridgehead atoms. The van der Waals surface area contributed by atoms with Crippen molar-refractivity contribution >= 4 is 11.3 Å².